The lowest BCUT2D eigenvalue weighted by molar-refractivity contribution is -0.142. The number of phenolic OH excluding ortho intramolecular Hbond substituents is 2. The Bertz CT molecular complexity index is 1060. The van der Waals surface area contributed by atoms with Crippen molar-refractivity contribution in [2.24, 2.45) is 10.9 Å². The summed E-state index contributed by atoms with van der Waals surface area (Å²) in [5, 5.41) is 39.0. The zero-order valence-corrected chi connectivity index (χ0v) is 22.7. The number of aliphatic carboxylic acids is 1. The average molecular weight is 556 g/mol. The number of nitrogens with two attached hydrogens (primary N) is 1. The van der Waals surface area contributed by atoms with Gasteiger partial charge in [-0.1, -0.05) is 6.07 Å². The second-order valence-electron chi connectivity index (χ2n) is 10.4. The Morgan fingerprint density at radius 2 is 1.51 bits per heavy atom. The number of hydrogen-bond donors (Lipinski definition) is 7. The molecule has 0 spiro atoms. The minimum atomic E-state index is -1.45. The second kappa shape index (κ2) is 13.9. The Hall–Kier alpha value is -4.43. The van der Waals surface area contributed by atoms with Crippen LogP contribution in [0.25, 0.3) is 0 Å². The van der Waals surface area contributed by atoms with Crippen LogP contribution >= 0.6 is 0 Å². The van der Waals surface area contributed by atoms with Gasteiger partial charge < -0.3 is 46.0 Å². The molecule has 0 aliphatic heterocycles. The maximum atomic E-state index is 13.0. The number of carboxylic acid groups (broad SMARTS) is 1. The predicted molar refractivity (Wildman–Crippen MR) is 138 cm³/mol. The molecule has 0 aliphatic rings. The number of aromatic hydroxyl groups is 2. The number of benzene rings is 1. The first kappa shape index (κ1) is 32.6. The summed E-state index contributed by atoms with van der Waals surface area (Å²) in [6.45, 7) is 9.54. The van der Waals surface area contributed by atoms with E-state index in [9.17, 15) is 34.5 Å². The van der Waals surface area contributed by atoms with Crippen molar-refractivity contribution in [3.63, 3.8) is 0 Å². The van der Waals surface area contributed by atoms with E-state index < -0.39 is 59.1 Å². The highest BCUT2D eigenvalue weighted by molar-refractivity contribution is 5.92. The topological polar surface area (TPSA) is 231 Å². The number of hydrogen-bond acceptors (Lipinski definition) is 10. The van der Waals surface area contributed by atoms with Crippen LogP contribution in [0.3, 0.4) is 0 Å². The lowest BCUT2D eigenvalue weighted by Crippen LogP contribution is -2.53. The lowest BCUT2D eigenvalue weighted by Gasteiger charge is -2.24. The standard InChI is InChI=1S/C24H37N5O10/c1-23(2,3)38-21(35)27-14(9-10-37-29-20(25)28-22(36)39-24(4,5)6)18(32)26-15(19(33)34)11-13-7-8-16(30)17(31)12-13/h7-8,12,14-15,30-31H,9-11H2,1-6H3,(H,26,32)(H,27,35)(H,33,34)(H3,25,28,29,36)/t14-,15-/m0/s1. The number of rotatable bonds is 10. The highest BCUT2D eigenvalue weighted by Gasteiger charge is 2.29. The van der Waals surface area contributed by atoms with Gasteiger partial charge in [0, 0.05) is 12.8 Å². The molecule has 15 heteroatoms. The van der Waals surface area contributed by atoms with E-state index in [1.165, 1.54) is 12.1 Å². The van der Waals surface area contributed by atoms with Gasteiger partial charge >= 0.3 is 18.2 Å². The summed E-state index contributed by atoms with van der Waals surface area (Å²) >= 11 is 0. The Labute approximate surface area is 225 Å². The number of guanidine groups is 1. The first-order valence-corrected chi connectivity index (χ1v) is 11.9. The number of carboxylic acids is 1. The fraction of sp³-hybridized carbons (Fsp3) is 0.542. The molecule has 0 heterocycles. The van der Waals surface area contributed by atoms with Crippen molar-refractivity contribution < 1.29 is 48.8 Å². The van der Waals surface area contributed by atoms with Crippen molar-refractivity contribution >= 4 is 30.0 Å². The van der Waals surface area contributed by atoms with Crippen LogP contribution in [0.5, 0.6) is 11.5 Å². The van der Waals surface area contributed by atoms with E-state index in [1.807, 2.05) is 0 Å². The summed E-state index contributed by atoms with van der Waals surface area (Å²) in [6, 6.07) is 0.964. The van der Waals surface area contributed by atoms with Gasteiger partial charge in [-0.15, -0.1) is 0 Å². The van der Waals surface area contributed by atoms with Crippen LogP contribution in [0.2, 0.25) is 0 Å². The molecular formula is C24H37N5O10. The van der Waals surface area contributed by atoms with Crippen molar-refractivity contribution in [2.75, 3.05) is 6.61 Å². The monoisotopic (exact) mass is 555 g/mol. The van der Waals surface area contributed by atoms with Crippen LogP contribution in [-0.2, 0) is 30.3 Å². The molecular weight excluding hydrogens is 518 g/mol. The van der Waals surface area contributed by atoms with Crippen molar-refractivity contribution in [1.29, 1.82) is 0 Å². The van der Waals surface area contributed by atoms with Crippen LogP contribution in [0.4, 0.5) is 9.59 Å². The molecule has 3 amide bonds. The van der Waals surface area contributed by atoms with Crippen molar-refractivity contribution in [3.8, 4) is 11.5 Å². The molecule has 218 valence electrons. The van der Waals surface area contributed by atoms with Gasteiger partial charge in [-0.25, -0.2) is 14.4 Å². The fourth-order valence-corrected chi connectivity index (χ4v) is 2.84. The van der Waals surface area contributed by atoms with Crippen LogP contribution in [0, 0.1) is 0 Å². The number of phenols is 2. The van der Waals surface area contributed by atoms with Gasteiger partial charge in [0.25, 0.3) is 0 Å². The maximum absolute atomic E-state index is 13.0. The first-order chi connectivity index (χ1) is 17.9. The Kier molecular flexibility index (Phi) is 11.6. The molecule has 0 saturated heterocycles. The van der Waals surface area contributed by atoms with Crippen LogP contribution < -0.4 is 21.7 Å². The molecule has 0 fully saturated rings. The third-order valence-corrected chi connectivity index (χ3v) is 4.39. The van der Waals surface area contributed by atoms with Crippen molar-refractivity contribution in [1.82, 2.24) is 16.0 Å². The molecule has 1 aromatic rings. The Balaban J connectivity index is 2.90. The molecule has 1 aromatic carbocycles. The number of nitrogens with one attached hydrogen (secondary N) is 3. The highest BCUT2D eigenvalue weighted by atomic mass is 16.6. The second-order valence-corrected chi connectivity index (χ2v) is 10.4. The molecule has 0 bridgehead atoms. The summed E-state index contributed by atoms with van der Waals surface area (Å²) in [4.78, 5) is 53.8. The van der Waals surface area contributed by atoms with Crippen LogP contribution in [0.1, 0.15) is 53.5 Å². The van der Waals surface area contributed by atoms with Crippen molar-refractivity contribution in [2.45, 2.75) is 77.7 Å². The predicted octanol–water partition coefficient (Wildman–Crippen LogP) is 1.26. The normalized spacial score (nSPS) is 13.4. The Morgan fingerprint density at radius 1 is 0.923 bits per heavy atom. The number of nitrogens with zero attached hydrogens (tertiary/aromatic N) is 1. The number of carbonyl (C=O) groups excluding carboxylic acids is 3. The summed E-state index contributed by atoms with van der Waals surface area (Å²) in [7, 11) is 0. The molecule has 39 heavy (non-hydrogen) atoms. The van der Waals surface area contributed by atoms with Gasteiger partial charge in [0.1, 0.15) is 29.9 Å². The first-order valence-electron chi connectivity index (χ1n) is 11.9. The van der Waals surface area contributed by atoms with Gasteiger partial charge in [-0.05, 0) is 64.4 Å². The molecule has 0 saturated carbocycles. The van der Waals surface area contributed by atoms with Gasteiger partial charge in [0.2, 0.25) is 11.9 Å². The smallest absolute Gasteiger partial charge is 0.414 e. The fourth-order valence-electron chi connectivity index (χ4n) is 2.84. The molecule has 0 aromatic heterocycles. The van der Waals surface area contributed by atoms with Crippen LogP contribution in [-0.4, -0.2) is 75.2 Å². The molecule has 0 unspecified atom stereocenters. The van der Waals surface area contributed by atoms with Gasteiger partial charge in [0.15, 0.2) is 11.5 Å². The third kappa shape index (κ3) is 13.6. The molecule has 8 N–H and O–H groups in total. The van der Waals surface area contributed by atoms with E-state index in [1.54, 1.807) is 41.5 Å². The molecule has 15 nitrogen and oxygen atoms in total. The molecule has 0 aliphatic carbocycles. The summed E-state index contributed by atoms with van der Waals surface area (Å²) in [6.07, 6.45) is -2.23. The molecule has 0 radical (unpaired) electrons. The van der Waals surface area contributed by atoms with Gasteiger partial charge in [0.05, 0.1) is 0 Å². The average Bonchev–Trinajstić information content (AvgIpc) is 2.75. The largest absolute Gasteiger partial charge is 0.504 e. The number of oxime groups is 1. The van der Waals surface area contributed by atoms with Gasteiger partial charge in [-0.2, -0.15) is 0 Å². The van der Waals surface area contributed by atoms with E-state index in [0.717, 1.165) is 6.07 Å². The van der Waals surface area contributed by atoms with E-state index >= 15 is 0 Å². The number of amides is 3. The van der Waals surface area contributed by atoms with E-state index in [-0.39, 0.29) is 25.2 Å². The van der Waals surface area contributed by atoms with Crippen LogP contribution in [0.15, 0.2) is 23.4 Å². The summed E-state index contributed by atoms with van der Waals surface area (Å²) in [5.74, 6) is -3.52. The summed E-state index contributed by atoms with van der Waals surface area (Å²) < 4.78 is 10.2. The quantitative estimate of drug-likeness (QED) is 0.0714. The highest BCUT2D eigenvalue weighted by Crippen LogP contribution is 2.25. The minimum Gasteiger partial charge on any atom is -0.504 e. The number of carbonyl (C=O) groups is 4. The molecule has 1 rings (SSSR count). The Morgan fingerprint density at radius 3 is 2.05 bits per heavy atom. The minimum absolute atomic E-state index is 0.194. The number of alkyl carbamates (subject to hydrolysis) is 2. The summed E-state index contributed by atoms with van der Waals surface area (Å²) in [5.41, 5.74) is 4.23. The SMILES string of the molecule is CC(C)(C)OC(=O)N/C(N)=N/OCC[C@H](NC(=O)OC(C)(C)C)C(=O)N[C@@H](Cc1ccc(O)c(O)c1)C(=O)O. The maximum Gasteiger partial charge on any atom is 0.414 e. The van der Waals surface area contributed by atoms with Crippen molar-refractivity contribution in [3.05, 3.63) is 23.8 Å². The lowest BCUT2D eigenvalue weighted by atomic mass is 10.0. The third-order valence-electron chi connectivity index (χ3n) is 4.39. The van der Waals surface area contributed by atoms with E-state index in [2.05, 4.69) is 21.1 Å². The van der Waals surface area contributed by atoms with E-state index in [4.69, 9.17) is 20.0 Å². The molecule has 2 atom stereocenters. The zero-order valence-electron chi connectivity index (χ0n) is 22.7. The zero-order chi connectivity index (χ0) is 30.0. The van der Waals surface area contributed by atoms with Gasteiger partial charge in [-0.3, -0.25) is 10.1 Å². The van der Waals surface area contributed by atoms with E-state index in [0.29, 0.717) is 5.56 Å². The number of ether oxygens (including phenoxy) is 2.